The number of oxazole rings is 1. The molecule has 0 aliphatic carbocycles. The fourth-order valence-electron chi connectivity index (χ4n) is 3.75. The zero-order valence-electron chi connectivity index (χ0n) is 19.2. The number of hydrogen-bond acceptors (Lipinski definition) is 4. The predicted octanol–water partition coefficient (Wildman–Crippen LogP) is 6.75. The average Bonchev–Trinajstić information content (AvgIpc) is 3.21. The summed E-state index contributed by atoms with van der Waals surface area (Å²) in [5.41, 5.74) is 7.18. The van der Waals surface area contributed by atoms with Gasteiger partial charge in [0.25, 0.3) is 5.91 Å². The molecule has 0 saturated heterocycles. The van der Waals surface area contributed by atoms with Crippen LogP contribution in [-0.4, -0.2) is 16.0 Å². The van der Waals surface area contributed by atoms with Crippen LogP contribution in [0.4, 0.5) is 5.69 Å². The lowest BCUT2D eigenvalue weighted by molar-refractivity contribution is 0.0977. The number of nitrogens with one attached hydrogen (secondary N) is 2. The molecule has 4 aromatic rings. The lowest BCUT2D eigenvalue weighted by atomic mass is 9.98. The molecule has 4 rings (SSSR count). The maximum absolute atomic E-state index is 12.5. The topological polar surface area (TPSA) is 67.2 Å². The Morgan fingerprint density at radius 1 is 1.03 bits per heavy atom. The van der Waals surface area contributed by atoms with Gasteiger partial charge < -0.3 is 9.73 Å². The Morgan fingerprint density at radius 2 is 1.73 bits per heavy atom. The predicted molar refractivity (Wildman–Crippen MR) is 138 cm³/mol. The molecule has 1 amide bonds. The number of hydrogen-bond donors (Lipinski definition) is 2. The van der Waals surface area contributed by atoms with Gasteiger partial charge in [-0.15, -0.1) is 0 Å². The molecule has 168 valence electrons. The summed E-state index contributed by atoms with van der Waals surface area (Å²) in [5.74, 6) is 0.821. The summed E-state index contributed by atoms with van der Waals surface area (Å²) in [6.45, 7) is 8.31. The first-order valence-electron chi connectivity index (χ1n) is 11.0. The summed E-state index contributed by atoms with van der Waals surface area (Å²) < 4.78 is 5.95. The van der Waals surface area contributed by atoms with Crippen LogP contribution in [-0.2, 0) is 0 Å². The number of anilines is 1. The van der Waals surface area contributed by atoms with Crippen molar-refractivity contribution in [1.29, 1.82) is 0 Å². The number of nitrogens with zero attached hydrogens (tertiary/aromatic N) is 1. The Balaban J connectivity index is 1.43. The van der Waals surface area contributed by atoms with Gasteiger partial charge in [-0.1, -0.05) is 37.1 Å². The summed E-state index contributed by atoms with van der Waals surface area (Å²) in [7, 11) is 0. The number of carbonyl (C=O) groups excluding carboxylic acids is 1. The molecule has 1 atom stereocenters. The fourth-order valence-corrected chi connectivity index (χ4v) is 3.96. The lowest BCUT2D eigenvalue weighted by Crippen LogP contribution is -2.34. The van der Waals surface area contributed by atoms with Crippen molar-refractivity contribution in [3.63, 3.8) is 0 Å². The van der Waals surface area contributed by atoms with Crippen molar-refractivity contribution in [1.82, 2.24) is 10.3 Å². The maximum atomic E-state index is 12.5. The van der Waals surface area contributed by atoms with Crippen LogP contribution in [0.1, 0.15) is 53.2 Å². The van der Waals surface area contributed by atoms with Crippen molar-refractivity contribution in [2.45, 2.75) is 40.0 Å². The Kier molecular flexibility index (Phi) is 6.56. The number of benzene rings is 3. The van der Waals surface area contributed by atoms with Crippen molar-refractivity contribution < 1.29 is 9.21 Å². The minimum atomic E-state index is -0.237. The monoisotopic (exact) mass is 457 g/mol. The van der Waals surface area contributed by atoms with Gasteiger partial charge in [0.2, 0.25) is 5.89 Å². The highest BCUT2D eigenvalue weighted by Crippen LogP contribution is 2.28. The van der Waals surface area contributed by atoms with Crippen LogP contribution in [0, 0.1) is 13.8 Å². The third-order valence-corrected chi connectivity index (χ3v) is 5.90. The van der Waals surface area contributed by atoms with E-state index in [2.05, 4.69) is 41.6 Å². The molecule has 0 unspecified atom stereocenters. The normalized spacial score (nSPS) is 11.9. The van der Waals surface area contributed by atoms with Crippen LogP contribution < -0.4 is 10.6 Å². The molecule has 1 heterocycles. The van der Waals surface area contributed by atoms with E-state index in [9.17, 15) is 4.79 Å². The quantitative estimate of drug-likeness (QED) is 0.324. The Morgan fingerprint density at radius 3 is 2.39 bits per heavy atom. The molecule has 0 radical (unpaired) electrons. The Hall–Kier alpha value is -3.51. The van der Waals surface area contributed by atoms with E-state index in [1.165, 1.54) is 5.56 Å². The molecule has 1 aromatic heterocycles. The third-order valence-electron chi connectivity index (χ3n) is 5.69. The first-order valence-corrected chi connectivity index (χ1v) is 11.4. The van der Waals surface area contributed by atoms with Crippen LogP contribution in [0.15, 0.2) is 65.1 Å². The molecular weight excluding hydrogens is 430 g/mol. The van der Waals surface area contributed by atoms with Gasteiger partial charge in [0.05, 0.1) is 0 Å². The van der Waals surface area contributed by atoms with Gasteiger partial charge >= 0.3 is 0 Å². The van der Waals surface area contributed by atoms with E-state index in [-0.39, 0.29) is 11.0 Å². The minimum Gasteiger partial charge on any atom is -0.436 e. The second kappa shape index (κ2) is 9.55. The number of amides is 1. The Labute approximate surface area is 199 Å². The van der Waals surface area contributed by atoms with Gasteiger partial charge in [-0.25, -0.2) is 4.98 Å². The van der Waals surface area contributed by atoms with Gasteiger partial charge in [-0.2, -0.15) is 0 Å². The van der Waals surface area contributed by atoms with Gasteiger partial charge in [0.1, 0.15) is 5.52 Å². The van der Waals surface area contributed by atoms with Crippen molar-refractivity contribution >= 4 is 40.0 Å². The number of carbonyl (C=O) groups is 1. The molecule has 0 bridgehead atoms. The second-order valence-corrected chi connectivity index (χ2v) is 8.83. The van der Waals surface area contributed by atoms with Crippen molar-refractivity contribution in [3.05, 3.63) is 82.9 Å². The van der Waals surface area contributed by atoms with E-state index >= 15 is 0 Å². The maximum Gasteiger partial charge on any atom is 0.257 e. The van der Waals surface area contributed by atoms with Crippen LogP contribution >= 0.6 is 12.2 Å². The summed E-state index contributed by atoms with van der Waals surface area (Å²) in [5, 5.41) is 6.03. The molecule has 2 N–H and O–H groups in total. The highest BCUT2D eigenvalue weighted by molar-refractivity contribution is 7.80. The summed E-state index contributed by atoms with van der Waals surface area (Å²) in [6, 6.07) is 19.5. The van der Waals surface area contributed by atoms with Gasteiger partial charge in [-0.3, -0.25) is 10.1 Å². The third kappa shape index (κ3) is 5.29. The van der Waals surface area contributed by atoms with E-state index in [0.29, 0.717) is 17.4 Å². The smallest absolute Gasteiger partial charge is 0.257 e. The van der Waals surface area contributed by atoms with E-state index in [4.69, 9.17) is 16.6 Å². The van der Waals surface area contributed by atoms with Crippen LogP contribution in [0.2, 0.25) is 0 Å². The molecule has 0 fully saturated rings. The molecule has 0 aliphatic heterocycles. The largest absolute Gasteiger partial charge is 0.436 e. The van der Waals surface area contributed by atoms with Crippen LogP contribution in [0.25, 0.3) is 22.6 Å². The minimum absolute atomic E-state index is 0.237. The summed E-state index contributed by atoms with van der Waals surface area (Å²) in [4.78, 5) is 17.2. The molecule has 0 aliphatic rings. The molecule has 6 heteroatoms. The molecular formula is C27H27N3O2S. The van der Waals surface area contributed by atoms with E-state index < -0.39 is 0 Å². The van der Waals surface area contributed by atoms with Crippen LogP contribution in [0.5, 0.6) is 0 Å². The standard InChI is InChI=1S/C27H27N3O2S/c1-5-18(4)20-8-11-24-23(15-20)29-26(32-24)19-6-9-22(10-7-19)28-27(33)30-25(31)21-13-16(2)12-17(3)14-21/h6-15,18H,5H2,1-4H3,(H2,28,30,31,33)/t18-/m1/s1. The van der Waals surface area contributed by atoms with Gasteiger partial charge in [-0.05, 0) is 92.5 Å². The first kappa shape index (κ1) is 22.7. The number of rotatable bonds is 5. The second-order valence-electron chi connectivity index (χ2n) is 8.42. The van der Waals surface area contributed by atoms with E-state index in [1.807, 2.05) is 62.4 Å². The fraction of sp³-hybridized carbons (Fsp3) is 0.222. The van der Waals surface area contributed by atoms with E-state index in [0.717, 1.165) is 39.9 Å². The molecule has 0 saturated carbocycles. The van der Waals surface area contributed by atoms with E-state index in [1.54, 1.807) is 0 Å². The first-order chi connectivity index (χ1) is 15.8. The molecule has 33 heavy (non-hydrogen) atoms. The summed E-state index contributed by atoms with van der Waals surface area (Å²) >= 11 is 5.32. The van der Waals surface area contributed by atoms with Gasteiger partial charge in [0, 0.05) is 16.8 Å². The summed E-state index contributed by atoms with van der Waals surface area (Å²) in [6.07, 6.45) is 1.08. The zero-order valence-corrected chi connectivity index (χ0v) is 20.0. The number of thiocarbonyl (C=S) groups is 1. The average molecular weight is 458 g/mol. The molecule has 5 nitrogen and oxygen atoms in total. The number of aryl methyl sites for hydroxylation is 2. The van der Waals surface area contributed by atoms with Crippen LogP contribution in [0.3, 0.4) is 0 Å². The number of aromatic nitrogens is 1. The zero-order chi connectivity index (χ0) is 23.5. The highest BCUT2D eigenvalue weighted by atomic mass is 32.1. The SMILES string of the molecule is CC[C@@H](C)c1ccc2oc(-c3ccc(NC(=S)NC(=O)c4cc(C)cc(C)c4)cc3)nc2c1. The number of fused-ring (bicyclic) bond motifs is 1. The van der Waals surface area contributed by atoms with Crippen molar-refractivity contribution in [2.24, 2.45) is 0 Å². The molecule has 0 spiro atoms. The lowest BCUT2D eigenvalue weighted by Gasteiger charge is -2.10. The van der Waals surface area contributed by atoms with Crippen molar-refractivity contribution in [2.75, 3.05) is 5.32 Å². The Bertz CT molecular complexity index is 1300. The van der Waals surface area contributed by atoms with Gasteiger partial charge in [0.15, 0.2) is 10.7 Å². The molecule has 3 aromatic carbocycles. The highest BCUT2D eigenvalue weighted by Gasteiger charge is 2.12. The van der Waals surface area contributed by atoms with Crippen molar-refractivity contribution in [3.8, 4) is 11.5 Å².